The van der Waals surface area contributed by atoms with Crippen LogP contribution in [0.5, 0.6) is 0 Å². The lowest BCUT2D eigenvalue weighted by Crippen LogP contribution is -2.47. The number of anilines is 1. The Hall–Kier alpha value is -4.03. The summed E-state index contributed by atoms with van der Waals surface area (Å²) in [6.45, 7) is 8.81. The minimum absolute atomic E-state index is 0.0290. The second kappa shape index (κ2) is 10.6. The SMILES string of the molecule is CC(=O)c1nn(CC(=O)N2[C@H](C(=O)Nc3nc(Br)ccc3C)C[C@@]3(C)C[C@@H]23)c2c(C)cc(-c3cnc([C@H](C)O)nc3)cc12. The van der Waals surface area contributed by atoms with Crippen molar-refractivity contribution in [1.29, 1.82) is 0 Å². The number of benzene rings is 1. The number of amides is 2. The van der Waals surface area contributed by atoms with Crippen LogP contribution in [0.1, 0.15) is 67.2 Å². The number of carbonyl (C=O) groups is 3. The van der Waals surface area contributed by atoms with E-state index in [4.69, 9.17) is 0 Å². The minimum Gasteiger partial charge on any atom is -0.385 e. The van der Waals surface area contributed by atoms with Crippen LogP contribution >= 0.6 is 15.9 Å². The molecular weight excluding hydrogens is 614 g/mol. The normalized spacial score (nSPS) is 21.5. The summed E-state index contributed by atoms with van der Waals surface area (Å²) in [5.41, 5.74) is 3.99. The monoisotopic (exact) mass is 645 g/mol. The predicted molar refractivity (Wildman–Crippen MR) is 163 cm³/mol. The number of piperidine rings is 1. The van der Waals surface area contributed by atoms with Crippen molar-refractivity contribution in [3.8, 4) is 11.1 Å². The first-order valence-electron chi connectivity index (χ1n) is 14.1. The van der Waals surface area contributed by atoms with Crippen molar-refractivity contribution in [3.05, 3.63) is 63.9 Å². The number of halogens is 1. The van der Waals surface area contributed by atoms with Crippen molar-refractivity contribution in [1.82, 2.24) is 29.6 Å². The molecule has 1 aromatic carbocycles. The molecule has 2 fully saturated rings. The Labute approximate surface area is 256 Å². The van der Waals surface area contributed by atoms with E-state index >= 15 is 0 Å². The quantitative estimate of drug-likeness (QED) is 0.220. The smallest absolute Gasteiger partial charge is 0.248 e. The van der Waals surface area contributed by atoms with E-state index in [1.807, 2.05) is 38.1 Å². The van der Waals surface area contributed by atoms with Crippen LogP contribution in [0, 0.1) is 19.3 Å². The van der Waals surface area contributed by atoms with Gasteiger partial charge in [0.2, 0.25) is 11.8 Å². The number of ketones is 1. The van der Waals surface area contributed by atoms with Crippen LogP contribution in [0.2, 0.25) is 0 Å². The summed E-state index contributed by atoms with van der Waals surface area (Å²) in [6, 6.07) is 6.80. The molecule has 12 heteroatoms. The number of aliphatic hydroxyl groups excluding tert-OH is 1. The maximum Gasteiger partial charge on any atom is 0.248 e. The molecular formula is C31H32BrN7O4. The average molecular weight is 647 g/mol. The fourth-order valence-electron chi connectivity index (χ4n) is 6.17. The summed E-state index contributed by atoms with van der Waals surface area (Å²) >= 11 is 3.35. The molecule has 3 aromatic heterocycles. The predicted octanol–water partition coefficient (Wildman–Crippen LogP) is 4.54. The van der Waals surface area contributed by atoms with Crippen molar-refractivity contribution in [3.63, 3.8) is 0 Å². The molecule has 2 amide bonds. The molecule has 2 N–H and O–H groups in total. The molecule has 1 aliphatic heterocycles. The lowest BCUT2D eigenvalue weighted by Gasteiger charge is -2.27. The lowest BCUT2D eigenvalue weighted by molar-refractivity contribution is -0.138. The third-order valence-corrected chi connectivity index (χ3v) is 9.00. The molecule has 222 valence electrons. The van der Waals surface area contributed by atoms with Crippen molar-refractivity contribution >= 4 is 50.2 Å². The highest BCUT2D eigenvalue weighted by atomic mass is 79.9. The Morgan fingerprint density at radius 2 is 1.84 bits per heavy atom. The Morgan fingerprint density at radius 1 is 1.12 bits per heavy atom. The van der Waals surface area contributed by atoms with Gasteiger partial charge in [-0.3, -0.25) is 19.1 Å². The first-order valence-corrected chi connectivity index (χ1v) is 14.9. The number of carbonyl (C=O) groups excluding carboxylic acids is 3. The number of fused-ring (bicyclic) bond motifs is 2. The Balaban J connectivity index is 1.31. The third-order valence-electron chi connectivity index (χ3n) is 8.56. The summed E-state index contributed by atoms with van der Waals surface area (Å²) in [5.74, 6) is 0.0591. The molecule has 0 unspecified atom stereocenters. The summed E-state index contributed by atoms with van der Waals surface area (Å²) in [7, 11) is 0. The van der Waals surface area contributed by atoms with Gasteiger partial charge in [-0.1, -0.05) is 13.0 Å². The van der Waals surface area contributed by atoms with Crippen molar-refractivity contribution in [2.75, 3.05) is 5.32 Å². The number of nitrogens with zero attached hydrogens (tertiary/aromatic N) is 6. The van der Waals surface area contributed by atoms with E-state index in [9.17, 15) is 19.5 Å². The standard InChI is InChI=1S/C31H32BrN7O4/c1-15-6-7-24(32)35-28(15)36-30(43)22-10-31(5)11-23(31)39(22)25(42)14-38-27-16(2)8-19(9-21(27)26(37-38)17(3)40)20-12-33-29(18(4)41)34-13-20/h6-9,12-13,18,22-23,41H,10-11,14H2,1-5H3,(H,35,36,43)/t18-,22-,23+,31-/m0/s1. The van der Waals surface area contributed by atoms with Crippen LogP contribution in [0.4, 0.5) is 5.82 Å². The van der Waals surface area contributed by atoms with Gasteiger partial charge in [0.25, 0.3) is 0 Å². The molecule has 0 bridgehead atoms. The second-order valence-corrected chi connectivity index (χ2v) is 12.8. The van der Waals surface area contributed by atoms with Crippen molar-refractivity contribution in [2.45, 2.75) is 72.2 Å². The minimum atomic E-state index is -0.783. The summed E-state index contributed by atoms with van der Waals surface area (Å²) in [4.78, 5) is 54.7. The van der Waals surface area contributed by atoms with Gasteiger partial charge in [-0.15, -0.1) is 0 Å². The number of Topliss-reactive ketones (excluding diaryl/α,β-unsaturated/α-hetero) is 1. The van der Waals surface area contributed by atoms with E-state index in [1.54, 1.807) is 28.9 Å². The highest BCUT2D eigenvalue weighted by Crippen LogP contribution is 2.59. The highest BCUT2D eigenvalue weighted by Gasteiger charge is 2.64. The molecule has 4 aromatic rings. The van der Waals surface area contributed by atoms with Gasteiger partial charge in [-0.05, 0) is 89.8 Å². The van der Waals surface area contributed by atoms with Gasteiger partial charge >= 0.3 is 0 Å². The molecule has 11 nitrogen and oxygen atoms in total. The maximum absolute atomic E-state index is 13.9. The molecule has 0 spiro atoms. The first kappa shape index (κ1) is 29.1. The molecule has 6 rings (SSSR count). The van der Waals surface area contributed by atoms with E-state index in [1.165, 1.54) is 6.92 Å². The van der Waals surface area contributed by atoms with Crippen LogP contribution in [0.15, 0.2) is 41.3 Å². The number of hydrogen-bond acceptors (Lipinski definition) is 8. The Bertz CT molecular complexity index is 1800. The zero-order valence-electron chi connectivity index (χ0n) is 24.6. The van der Waals surface area contributed by atoms with E-state index in [-0.39, 0.29) is 41.3 Å². The Morgan fingerprint density at radius 3 is 2.51 bits per heavy atom. The van der Waals surface area contributed by atoms with Crippen LogP contribution in [0.3, 0.4) is 0 Å². The first-order chi connectivity index (χ1) is 20.4. The Kier molecular flexibility index (Phi) is 7.16. The molecule has 1 saturated heterocycles. The topological polar surface area (TPSA) is 143 Å². The largest absolute Gasteiger partial charge is 0.385 e. The second-order valence-electron chi connectivity index (χ2n) is 11.9. The number of aromatic nitrogens is 5. The third kappa shape index (κ3) is 5.22. The van der Waals surface area contributed by atoms with Crippen LogP contribution < -0.4 is 5.32 Å². The zero-order chi connectivity index (χ0) is 30.8. The molecule has 1 aliphatic carbocycles. The van der Waals surface area contributed by atoms with Gasteiger partial charge < -0.3 is 15.3 Å². The average Bonchev–Trinajstić information content (AvgIpc) is 3.31. The lowest BCUT2D eigenvalue weighted by atomic mass is 10.0. The molecule has 4 atom stereocenters. The molecule has 1 saturated carbocycles. The molecule has 2 aliphatic rings. The summed E-state index contributed by atoms with van der Waals surface area (Å²) in [5, 5.41) is 17.9. The summed E-state index contributed by atoms with van der Waals surface area (Å²) < 4.78 is 2.19. The van der Waals surface area contributed by atoms with Crippen LogP contribution in [-0.2, 0) is 16.1 Å². The number of rotatable bonds is 7. The number of hydrogen-bond donors (Lipinski definition) is 2. The van der Waals surface area contributed by atoms with Gasteiger partial charge in [0, 0.05) is 36.3 Å². The number of aliphatic hydroxyl groups is 1. The fourth-order valence-corrected chi connectivity index (χ4v) is 6.48. The highest BCUT2D eigenvalue weighted by molar-refractivity contribution is 9.10. The molecule has 4 heterocycles. The summed E-state index contributed by atoms with van der Waals surface area (Å²) in [6.07, 6.45) is 3.89. The van der Waals surface area contributed by atoms with Gasteiger partial charge in [0.05, 0.1) is 5.52 Å². The number of pyridine rings is 1. The van der Waals surface area contributed by atoms with Gasteiger partial charge in [0.15, 0.2) is 11.6 Å². The maximum atomic E-state index is 13.9. The molecule has 0 radical (unpaired) electrons. The number of nitrogens with one attached hydrogen (secondary N) is 1. The van der Waals surface area contributed by atoms with Crippen LogP contribution in [-0.4, -0.2) is 64.4 Å². The number of aryl methyl sites for hydroxylation is 2. The fraction of sp³-hybridized carbons (Fsp3) is 0.387. The number of likely N-dealkylation sites (tertiary alicyclic amines) is 1. The van der Waals surface area contributed by atoms with Gasteiger partial charge in [-0.2, -0.15) is 5.10 Å². The van der Waals surface area contributed by atoms with Crippen molar-refractivity contribution in [2.24, 2.45) is 5.41 Å². The van der Waals surface area contributed by atoms with E-state index < -0.39 is 12.1 Å². The van der Waals surface area contributed by atoms with Crippen molar-refractivity contribution < 1.29 is 19.5 Å². The van der Waals surface area contributed by atoms with E-state index in [0.29, 0.717) is 33.6 Å². The van der Waals surface area contributed by atoms with E-state index in [0.717, 1.165) is 28.7 Å². The van der Waals surface area contributed by atoms with Gasteiger partial charge in [-0.25, -0.2) is 15.0 Å². The van der Waals surface area contributed by atoms with E-state index in [2.05, 4.69) is 48.2 Å². The van der Waals surface area contributed by atoms with Gasteiger partial charge in [0.1, 0.15) is 34.8 Å². The molecule has 43 heavy (non-hydrogen) atoms. The van der Waals surface area contributed by atoms with Crippen LogP contribution in [0.25, 0.3) is 22.0 Å². The zero-order valence-corrected chi connectivity index (χ0v) is 26.1.